The molecule has 5 nitrogen and oxygen atoms in total. The zero-order valence-electron chi connectivity index (χ0n) is 14.7. The molecule has 0 aliphatic heterocycles. The molecule has 2 aromatic rings. The van der Waals surface area contributed by atoms with Gasteiger partial charge in [0.25, 0.3) is 5.91 Å². The van der Waals surface area contributed by atoms with Crippen LogP contribution >= 0.6 is 0 Å². The summed E-state index contributed by atoms with van der Waals surface area (Å²) >= 11 is 0. The molecule has 0 bridgehead atoms. The summed E-state index contributed by atoms with van der Waals surface area (Å²) in [5.41, 5.74) is -0.444. The van der Waals surface area contributed by atoms with Gasteiger partial charge in [-0.05, 0) is 50.8 Å². The molecule has 0 saturated carbocycles. The largest absolute Gasteiger partial charge is 0.492 e. The summed E-state index contributed by atoms with van der Waals surface area (Å²) in [6.07, 6.45) is -2.86. The van der Waals surface area contributed by atoms with Gasteiger partial charge in [0, 0.05) is 24.6 Å². The first-order chi connectivity index (χ1) is 12.2. The van der Waals surface area contributed by atoms with E-state index in [9.17, 15) is 18.0 Å². The van der Waals surface area contributed by atoms with E-state index in [1.54, 1.807) is 25.1 Å². The number of aromatic nitrogens is 1. The lowest BCUT2D eigenvalue weighted by molar-refractivity contribution is -0.138. The van der Waals surface area contributed by atoms with E-state index in [4.69, 9.17) is 4.74 Å². The zero-order chi connectivity index (χ0) is 19.3. The number of carbonyl (C=O) groups is 1. The van der Waals surface area contributed by atoms with E-state index in [-0.39, 0.29) is 0 Å². The fraction of sp³-hybridized carbons (Fsp3) is 0.333. The first-order valence-electron chi connectivity index (χ1n) is 7.89. The van der Waals surface area contributed by atoms with Crippen molar-refractivity contribution >= 4 is 11.6 Å². The van der Waals surface area contributed by atoms with Crippen molar-refractivity contribution in [3.8, 4) is 5.75 Å². The predicted molar refractivity (Wildman–Crippen MR) is 92.4 cm³/mol. The Morgan fingerprint density at radius 1 is 1.27 bits per heavy atom. The van der Waals surface area contributed by atoms with Crippen molar-refractivity contribution in [3.63, 3.8) is 0 Å². The summed E-state index contributed by atoms with van der Waals surface area (Å²) in [5.74, 6) is -0.216. The number of rotatable bonds is 6. The molecule has 2 rings (SSSR count). The maximum Gasteiger partial charge on any atom is 0.418 e. The molecule has 0 atom stereocenters. The van der Waals surface area contributed by atoms with Crippen LogP contribution < -0.4 is 10.1 Å². The molecule has 1 heterocycles. The maximum atomic E-state index is 13.0. The van der Waals surface area contributed by atoms with Crippen LogP contribution in [0.5, 0.6) is 5.75 Å². The Bertz CT molecular complexity index is 777. The quantitative estimate of drug-likeness (QED) is 0.848. The number of hydrogen-bond acceptors (Lipinski definition) is 4. The Morgan fingerprint density at radius 2 is 2.00 bits per heavy atom. The average Bonchev–Trinajstić information content (AvgIpc) is 2.56. The van der Waals surface area contributed by atoms with Crippen LogP contribution in [0.25, 0.3) is 0 Å². The standard InChI is InChI=1S/C18H20F3N3O2/c1-12-10-13(26-9-8-24(2)3)4-5-16(12)23-17(25)14-6-7-22-11-15(14)18(19,20)21/h4-7,10-11H,8-9H2,1-3H3,(H,23,25). The summed E-state index contributed by atoms with van der Waals surface area (Å²) in [7, 11) is 3.86. The summed E-state index contributed by atoms with van der Waals surface area (Å²) in [6, 6.07) is 6.04. The number of nitrogens with zero attached hydrogens (tertiary/aromatic N) is 2. The first-order valence-corrected chi connectivity index (χ1v) is 7.89. The van der Waals surface area contributed by atoms with Crippen molar-refractivity contribution in [1.82, 2.24) is 9.88 Å². The van der Waals surface area contributed by atoms with Crippen LogP contribution in [0.4, 0.5) is 18.9 Å². The van der Waals surface area contributed by atoms with Gasteiger partial charge in [-0.3, -0.25) is 9.78 Å². The summed E-state index contributed by atoms with van der Waals surface area (Å²) in [4.78, 5) is 17.7. The van der Waals surface area contributed by atoms with Gasteiger partial charge >= 0.3 is 6.18 Å². The van der Waals surface area contributed by atoms with Gasteiger partial charge in [0.15, 0.2) is 0 Å². The molecule has 0 fully saturated rings. The molecule has 0 aliphatic carbocycles. The molecule has 0 aliphatic rings. The first kappa shape index (κ1) is 19.7. The maximum absolute atomic E-state index is 13.0. The molecule has 0 spiro atoms. The topological polar surface area (TPSA) is 54.5 Å². The van der Waals surface area contributed by atoms with Gasteiger partial charge in [0.2, 0.25) is 0 Å². The lowest BCUT2D eigenvalue weighted by Gasteiger charge is -2.15. The van der Waals surface area contributed by atoms with Crippen molar-refractivity contribution in [2.24, 2.45) is 0 Å². The number of anilines is 1. The monoisotopic (exact) mass is 367 g/mol. The van der Waals surface area contributed by atoms with Gasteiger partial charge < -0.3 is 15.0 Å². The highest BCUT2D eigenvalue weighted by atomic mass is 19.4. The normalized spacial score (nSPS) is 11.5. The molecular formula is C18H20F3N3O2. The van der Waals surface area contributed by atoms with E-state index in [1.165, 1.54) is 0 Å². The lowest BCUT2D eigenvalue weighted by atomic mass is 10.1. The summed E-state index contributed by atoms with van der Waals surface area (Å²) in [5, 5.41) is 2.51. The minimum Gasteiger partial charge on any atom is -0.492 e. The van der Waals surface area contributed by atoms with Crippen LogP contribution in [0.15, 0.2) is 36.7 Å². The molecule has 0 unspecified atom stereocenters. The van der Waals surface area contributed by atoms with Gasteiger partial charge in [-0.15, -0.1) is 0 Å². The predicted octanol–water partition coefficient (Wildman–Crippen LogP) is 3.60. The Kier molecular flexibility index (Phi) is 6.20. The van der Waals surface area contributed by atoms with Gasteiger partial charge in [0.1, 0.15) is 12.4 Å². The third-order valence-electron chi connectivity index (χ3n) is 3.62. The number of likely N-dealkylation sites (N-methyl/N-ethyl adjacent to an activating group) is 1. The molecule has 0 radical (unpaired) electrons. The molecular weight excluding hydrogens is 347 g/mol. The lowest BCUT2D eigenvalue weighted by Crippen LogP contribution is -2.20. The summed E-state index contributed by atoms with van der Waals surface area (Å²) < 4.78 is 44.6. The third kappa shape index (κ3) is 5.19. The second-order valence-electron chi connectivity index (χ2n) is 6.00. The Hall–Kier alpha value is -2.61. The number of carbonyl (C=O) groups excluding carboxylic acids is 1. The van der Waals surface area contributed by atoms with E-state index in [0.717, 1.165) is 18.8 Å². The number of nitrogens with one attached hydrogen (secondary N) is 1. The smallest absolute Gasteiger partial charge is 0.418 e. The van der Waals surface area contributed by atoms with Crippen LogP contribution in [0, 0.1) is 6.92 Å². The van der Waals surface area contributed by atoms with E-state index in [2.05, 4.69) is 10.3 Å². The van der Waals surface area contributed by atoms with Crippen LogP contribution in [-0.2, 0) is 6.18 Å². The van der Waals surface area contributed by atoms with Crippen LogP contribution in [-0.4, -0.2) is 43.0 Å². The Balaban J connectivity index is 2.13. The molecule has 26 heavy (non-hydrogen) atoms. The average molecular weight is 367 g/mol. The number of hydrogen-bond donors (Lipinski definition) is 1. The highest BCUT2D eigenvalue weighted by Gasteiger charge is 2.35. The van der Waals surface area contributed by atoms with Crippen LogP contribution in [0.1, 0.15) is 21.5 Å². The van der Waals surface area contributed by atoms with Gasteiger partial charge in [-0.1, -0.05) is 0 Å². The number of alkyl halides is 3. The second-order valence-corrected chi connectivity index (χ2v) is 6.00. The fourth-order valence-corrected chi connectivity index (χ4v) is 2.22. The molecule has 1 aromatic heterocycles. The van der Waals surface area contributed by atoms with Crippen LogP contribution in [0.2, 0.25) is 0 Å². The van der Waals surface area contributed by atoms with Gasteiger partial charge in [-0.25, -0.2) is 0 Å². The van der Waals surface area contributed by atoms with Crippen LogP contribution in [0.3, 0.4) is 0 Å². The molecule has 1 amide bonds. The Labute approximate surface area is 149 Å². The number of aryl methyl sites for hydroxylation is 1. The second kappa shape index (κ2) is 8.18. The molecule has 1 N–H and O–H groups in total. The van der Waals surface area contributed by atoms with Crippen molar-refractivity contribution in [2.75, 3.05) is 32.6 Å². The zero-order valence-corrected chi connectivity index (χ0v) is 14.7. The number of benzene rings is 1. The van der Waals surface area contributed by atoms with Crippen molar-refractivity contribution in [3.05, 3.63) is 53.3 Å². The van der Waals surface area contributed by atoms with Gasteiger partial charge in [-0.2, -0.15) is 13.2 Å². The SMILES string of the molecule is Cc1cc(OCCN(C)C)ccc1NC(=O)c1ccncc1C(F)(F)F. The number of pyridine rings is 1. The fourth-order valence-electron chi connectivity index (χ4n) is 2.22. The molecule has 140 valence electrons. The highest BCUT2D eigenvalue weighted by molar-refractivity contribution is 6.05. The molecule has 1 aromatic carbocycles. The molecule has 8 heteroatoms. The van der Waals surface area contributed by atoms with Crippen molar-refractivity contribution < 1.29 is 22.7 Å². The number of amides is 1. The van der Waals surface area contributed by atoms with E-state index < -0.39 is 23.2 Å². The highest BCUT2D eigenvalue weighted by Crippen LogP contribution is 2.32. The van der Waals surface area contributed by atoms with E-state index >= 15 is 0 Å². The summed E-state index contributed by atoms with van der Waals surface area (Å²) in [6.45, 7) is 3.00. The molecule has 0 saturated heterocycles. The van der Waals surface area contributed by atoms with E-state index in [0.29, 0.717) is 29.8 Å². The minimum atomic E-state index is -4.65. The van der Waals surface area contributed by atoms with Gasteiger partial charge in [0.05, 0.1) is 11.1 Å². The minimum absolute atomic E-state index is 0.417. The van der Waals surface area contributed by atoms with E-state index in [1.807, 2.05) is 19.0 Å². The third-order valence-corrected chi connectivity index (χ3v) is 3.62. The number of halogens is 3. The van der Waals surface area contributed by atoms with Crippen molar-refractivity contribution in [2.45, 2.75) is 13.1 Å². The Morgan fingerprint density at radius 3 is 2.62 bits per heavy atom. The number of ether oxygens (including phenoxy) is 1. The van der Waals surface area contributed by atoms with Crippen molar-refractivity contribution in [1.29, 1.82) is 0 Å².